The van der Waals surface area contributed by atoms with Gasteiger partial charge in [-0.05, 0) is 24.3 Å². The maximum atomic E-state index is 12.4. The number of amides is 2. The van der Waals surface area contributed by atoms with Crippen molar-refractivity contribution in [3.8, 4) is 5.75 Å². The van der Waals surface area contributed by atoms with Crippen molar-refractivity contribution in [2.24, 2.45) is 5.92 Å². The van der Waals surface area contributed by atoms with Gasteiger partial charge in [0.25, 0.3) is 11.8 Å². The standard InChI is InChI=1S/C21H24N2O5/c1-27-17-10-6-5-9-16(17)21(26)23-12-18-19(24)15(13-28-18)11-22-20(25)14-7-3-2-4-8-14/h2-10,15,18-19,24H,11-13H2,1H3,(H,22,25)(H,23,26)/t15-,18-,19+/m1/s1. The first-order valence-electron chi connectivity index (χ1n) is 9.14. The van der Waals surface area contributed by atoms with E-state index in [0.717, 1.165) is 0 Å². The molecule has 0 aromatic heterocycles. The van der Waals surface area contributed by atoms with Crippen LogP contribution in [-0.4, -0.2) is 55.9 Å². The minimum absolute atomic E-state index is 0.168. The third-order valence-electron chi connectivity index (χ3n) is 4.76. The minimum atomic E-state index is -0.783. The summed E-state index contributed by atoms with van der Waals surface area (Å²) in [6.07, 6.45) is -1.31. The van der Waals surface area contributed by atoms with E-state index >= 15 is 0 Å². The van der Waals surface area contributed by atoms with Crippen molar-refractivity contribution in [3.63, 3.8) is 0 Å². The summed E-state index contributed by atoms with van der Waals surface area (Å²) < 4.78 is 10.8. The van der Waals surface area contributed by atoms with Crippen LogP contribution in [0, 0.1) is 5.92 Å². The summed E-state index contributed by atoms with van der Waals surface area (Å²) in [5.41, 5.74) is 0.987. The van der Waals surface area contributed by atoms with Gasteiger partial charge in [-0.25, -0.2) is 0 Å². The Labute approximate surface area is 163 Å². The third-order valence-corrected chi connectivity index (χ3v) is 4.76. The molecule has 7 heteroatoms. The lowest BCUT2D eigenvalue weighted by Gasteiger charge is -2.18. The molecule has 2 aromatic carbocycles. The van der Waals surface area contributed by atoms with Crippen LogP contribution in [0.25, 0.3) is 0 Å². The average Bonchev–Trinajstić information content (AvgIpc) is 3.10. The molecule has 1 saturated heterocycles. The van der Waals surface area contributed by atoms with Gasteiger partial charge in [0.1, 0.15) is 11.9 Å². The second kappa shape index (κ2) is 9.34. The van der Waals surface area contributed by atoms with Crippen molar-refractivity contribution in [2.75, 3.05) is 26.8 Å². The fourth-order valence-electron chi connectivity index (χ4n) is 3.14. The number of carbonyl (C=O) groups is 2. The Hall–Kier alpha value is -2.90. The Morgan fingerprint density at radius 3 is 2.46 bits per heavy atom. The van der Waals surface area contributed by atoms with Gasteiger partial charge < -0.3 is 25.2 Å². The van der Waals surface area contributed by atoms with Gasteiger partial charge in [0.15, 0.2) is 0 Å². The zero-order chi connectivity index (χ0) is 19.9. The van der Waals surface area contributed by atoms with Gasteiger partial charge >= 0.3 is 0 Å². The molecule has 0 aliphatic carbocycles. The molecule has 0 spiro atoms. The maximum Gasteiger partial charge on any atom is 0.255 e. The molecule has 148 valence electrons. The van der Waals surface area contributed by atoms with Gasteiger partial charge in [0, 0.05) is 24.6 Å². The van der Waals surface area contributed by atoms with Crippen LogP contribution in [0.2, 0.25) is 0 Å². The van der Waals surface area contributed by atoms with Crippen LogP contribution in [0.4, 0.5) is 0 Å². The Kier molecular flexibility index (Phi) is 6.62. The molecule has 7 nitrogen and oxygen atoms in total. The highest BCUT2D eigenvalue weighted by molar-refractivity contribution is 5.97. The Balaban J connectivity index is 1.48. The summed E-state index contributed by atoms with van der Waals surface area (Å²) in [7, 11) is 1.50. The molecule has 0 radical (unpaired) electrons. The van der Waals surface area contributed by atoms with Gasteiger partial charge in [-0.1, -0.05) is 30.3 Å². The molecule has 28 heavy (non-hydrogen) atoms. The van der Waals surface area contributed by atoms with Crippen LogP contribution in [-0.2, 0) is 4.74 Å². The van der Waals surface area contributed by atoms with E-state index in [1.165, 1.54) is 7.11 Å². The second-order valence-electron chi connectivity index (χ2n) is 6.61. The highest BCUT2D eigenvalue weighted by Gasteiger charge is 2.36. The van der Waals surface area contributed by atoms with Crippen LogP contribution < -0.4 is 15.4 Å². The van der Waals surface area contributed by atoms with Crippen molar-refractivity contribution in [2.45, 2.75) is 12.2 Å². The first-order chi connectivity index (χ1) is 13.6. The van der Waals surface area contributed by atoms with E-state index in [2.05, 4.69) is 10.6 Å². The predicted octanol–water partition coefficient (Wildman–Crippen LogP) is 1.23. The summed E-state index contributed by atoms with van der Waals surface area (Å²) in [5.74, 6) is -0.245. The molecular formula is C21H24N2O5. The first-order valence-corrected chi connectivity index (χ1v) is 9.14. The fraction of sp³-hybridized carbons (Fsp3) is 0.333. The number of ether oxygens (including phenoxy) is 2. The summed E-state index contributed by atoms with van der Waals surface area (Å²) in [5, 5.41) is 16.0. The Morgan fingerprint density at radius 2 is 1.71 bits per heavy atom. The summed E-state index contributed by atoms with van der Waals surface area (Å²) in [4.78, 5) is 24.5. The smallest absolute Gasteiger partial charge is 0.255 e. The molecule has 1 aliphatic heterocycles. The molecule has 3 atom stereocenters. The molecule has 3 rings (SSSR count). The topological polar surface area (TPSA) is 96.9 Å². The van der Waals surface area contributed by atoms with E-state index in [1.54, 1.807) is 48.5 Å². The van der Waals surface area contributed by atoms with E-state index in [0.29, 0.717) is 30.0 Å². The molecule has 0 saturated carbocycles. The lowest BCUT2D eigenvalue weighted by molar-refractivity contribution is 0.0384. The quantitative estimate of drug-likeness (QED) is 0.667. The molecule has 0 bridgehead atoms. The first kappa shape index (κ1) is 19.9. The van der Waals surface area contributed by atoms with Crippen molar-refractivity contribution >= 4 is 11.8 Å². The normalized spacial score (nSPS) is 21.1. The highest BCUT2D eigenvalue weighted by atomic mass is 16.5. The minimum Gasteiger partial charge on any atom is -0.496 e. The molecule has 2 aromatic rings. The van der Waals surface area contributed by atoms with Crippen LogP contribution >= 0.6 is 0 Å². The second-order valence-corrected chi connectivity index (χ2v) is 6.61. The molecule has 3 N–H and O–H groups in total. The zero-order valence-corrected chi connectivity index (χ0v) is 15.6. The number of hydrogen-bond donors (Lipinski definition) is 3. The van der Waals surface area contributed by atoms with Gasteiger partial charge in [-0.3, -0.25) is 9.59 Å². The van der Waals surface area contributed by atoms with E-state index < -0.39 is 12.2 Å². The van der Waals surface area contributed by atoms with Gasteiger partial charge in [-0.2, -0.15) is 0 Å². The number of methoxy groups -OCH3 is 1. The number of hydrogen-bond acceptors (Lipinski definition) is 5. The van der Waals surface area contributed by atoms with Crippen molar-refractivity contribution in [1.29, 1.82) is 0 Å². The summed E-state index contributed by atoms with van der Waals surface area (Å²) >= 11 is 0. The highest BCUT2D eigenvalue weighted by Crippen LogP contribution is 2.21. The van der Waals surface area contributed by atoms with E-state index in [9.17, 15) is 14.7 Å². The summed E-state index contributed by atoms with van der Waals surface area (Å²) in [6, 6.07) is 15.8. The molecule has 1 heterocycles. The van der Waals surface area contributed by atoms with Crippen LogP contribution in [0.15, 0.2) is 54.6 Å². The number of nitrogens with one attached hydrogen (secondary N) is 2. The van der Waals surface area contributed by atoms with Crippen LogP contribution in [0.5, 0.6) is 5.75 Å². The van der Waals surface area contributed by atoms with E-state index in [-0.39, 0.29) is 24.3 Å². The summed E-state index contributed by atoms with van der Waals surface area (Å²) in [6.45, 7) is 0.776. The third kappa shape index (κ3) is 4.68. The molecule has 0 unspecified atom stereocenters. The van der Waals surface area contributed by atoms with Crippen LogP contribution in [0.3, 0.4) is 0 Å². The monoisotopic (exact) mass is 384 g/mol. The largest absolute Gasteiger partial charge is 0.496 e. The lowest BCUT2D eigenvalue weighted by Crippen LogP contribution is -2.41. The average molecular weight is 384 g/mol. The van der Waals surface area contributed by atoms with Gasteiger partial charge in [-0.15, -0.1) is 0 Å². The molecule has 1 fully saturated rings. The number of carbonyl (C=O) groups excluding carboxylic acids is 2. The lowest BCUT2D eigenvalue weighted by atomic mass is 10.0. The number of aliphatic hydroxyl groups excluding tert-OH is 1. The Morgan fingerprint density at radius 1 is 1.04 bits per heavy atom. The van der Waals surface area contributed by atoms with Crippen molar-refractivity contribution in [3.05, 3.63) is 65.7 Å². The predicted molar refractivity (Wildman–Crippen MR) is 103 cm³/mol. The van der Waals surface area contributed by atoms with Gasteiger partial charge in [0.2, 0.25) is 0 Å². The number of aliphatic hydroxyl groups is 1. The maximum absolute atomic E-state index is 12.4. The Bertz CT molecular complexity index is 811. The van der Waals surface area contributed by atoms with Crippen molar-refractivity contribution in [1.82, 2.24) is 10.6 Å². The SMILES string of the molecule is COc1ccccc1C(=O)NC[C@H]1OC[C@@H](CNC(=O)c2ccccc2)[C@@H]1O. The number of benzene rings is 2. The number of rotatable bonds is 7. The zero-order valence-electron chi connectivity index (χ0n) is 15.6. The van der Waals surface area contributed by atoms with Crippen LogP contribution in [0.1, 0.15) is 20.7 Å². The van der Waals surface area contributed by atoms with E-state index in [1.807, 2.05) is 6.07 Å². The molecule has 2 amide bonds. The molecular weight excluding hydrogens is 360 g/mol. The fourth-order valence-corrected chi connectivity index (χ4v) is 3.14. The number of para-hydroxylation sites is 1. The van der Waals surface area contributed by atoms with E-state index in [4.69, 9.17) is 9.47 Å². The molecule has 1 aliphatic rings. The van der Waals surface area contributed by atoms with Crippen molar-refractivity contribution < 1.29 is 24.2 Å². The van der Waals surface area contributed by atoms with Gasteiger partial charge in [0.05, 0.1) is 25.4 Å².